The molecule has 0 spiro atoms. The molecule has 0 bridgehead atoms. The molecule has 3 rings (SSSR count). The second kappa shape index (κ2) is 5.27. The second-order valence-electron chi connectivity index (χ2n) is 4.63. The van der Waals surface area contributed by atoms with Crippen LogP contribution in [0.1, 0.15) is 11.3 Å². The largest absolute Gasteiger partial charge is 0.338 e. The van der Waals surface area contributed by atoms with E-state index in [1.807, 2.05) is 55.5 Å². The van der Waals surface area contributed by atoms with Gasteiger partial charge in [0.2, 0.25) is 0 Å². The Bertz CT molecular complexity index is 752. The predicted octanol–water partition coefficient (Wildman–Crippen LogP) is 3.14. The van der Waals surface area contributed by atoms with Crippen LogP contribution in [0.5, 0.6) is 0 Å². The van der Waals surface area contributed by atoms with Crippen molar-refractivity contribution >= 4 is 22.5 Å². The van der Waals surface area contributed by atoms with E-state index in [2.05, 4.69) is 15.3 Å². The zero-order chi connectivity index (χ0) is 13.9. The number of nitrogens with one attached hydrogen (secondary N) is 1. The van der Waals surface area contributed by atoms with E-state index in [4.69, 9.17) is 5.73 Å². The predicted molar refractivity (Wildman–Crippen MR) is 81.9 cm³/mol. The first-order valence-corrected chi connectivity index (χ1v) is 6.56. The number of aromatic nitrogens is 2. The molecule has 4 heteroatoms. The fourth-order valence-electron chi connectivity index (χ4n) is 2.15. The summed E-state index contributed by atoms with van der Waals surface area (Å²) in [6.45, 7) is 2.44. The fraction of sp³-hybridized carbons (Fsp3) is 0.125. The molecule has 100 valence electrons. The molecule has 0 amide bonds. The molecule has 2 aromatic carbocycles. The van der Waals surface area contributed by atoms with E-state index in [-0.39, 0.29) is 0 Å². The van der Waals surface area contributed by atoms with Crippen molar-refractivity contribution in [1.29, 1.82) is 0 Å². The van der Waals surface area contributed by atoms with Crippen LogP contribution >= 0.6 is 0 Å². The molecule has 0 atom stereocenters. The fourth-order valence-corrected chi connectivity index (χ4v) is 2.15. The number of aryl methyl sites for hydroxylation is 1. The first-order valence-electron chi connectivity index (χ1n) is 6.56. The number of nitrogens with zero attached hydrogens (tertiary/aromatic N) is 2. The van der Waals surface area contributed by atoms with E-state index >= 15 is 0 Å². The van der Waals surface area contributed by atoms with Crippen molar-refractivity contribution < 1.29 is 0 Å². The van der Waals surface area contributed by atoms with Crippen molar-refractivity contribution in [2.45, 2.75) is 13.5 Å². The molecule has 0 saturated heterocycles. The average Bonchev–Trinajstić information content (AvgIpc) is 2.48. The highest BCUT2D eigenvalue weighted by Crippen LogP contribution is 2.22. The lowest BCUT2D eigenvalue weighted by molar-refractivity contribution is 1.07. The molecule has 0 aliphatic rings. The number of fused-ring (bicyclic) bond motifs is 1. The molecule has 0 saturated carbocycles. The molecule has 3 aromatic rings. The van der Waals surface area contributed by atoms with Crippen LogP contribution in [0.2, 0.25) is 0 Å². The Balaban J connectivity index is 2.04. The van der Waals surface area contributed by atoms with Gasteiger partial charge < -0.3 is 11.1 Å². The van der Waals surface area contributed by atoms with Gasteiger partial charge in [0.25, 0.3) is 0 Å². The molecule has 0 aliphatic heterocycles. The Morgan fingerprint density at radius 1 is 0.950 bits per heavy atom. The van der Waals surface area contributed by atoms with Crippen LogP contribution in [-0.4, -0.2) is 9.97 Å². The zero-order valence-corrected chi connectivity index (χ0v) is 11.3. The van der Waals surface area contributed by atoms with Gasteiger partial charge in [-0.1, -0.05) is 30.3 Å². The minimum atomic E-state index is 0.489. The van der Waals surface area contributed by atoms with Crippen LogP contribution < -0.4 is 11.1 Å². The van der Waals surface area contributed by atoms with Gasteiger partial charge in [-0.05, 0) is 30.7 Å². The lowest BCUT2D eigenvalue weighted by Gasteiger charge is -2.12. The van der Waals surface area contributed by atoms with Gasteiger partial charge in [0, 0.05) is 12.2 Å². The van der Waals surface area contributed by atoms with E-state index in [0.29, 0.717) is 6.54 Å². The van der Waals surface area contributed by atoms with E-state index in [1.165, 1.54) is 0 Å². The van der Waals surface area contributed by atoms with Gasteiger partial charge in [0.05, 0.1) is 16.7 Å². The number of para-hydroxylation sites is 3. The number of benzene rings is 2. The molecule has 0 aliphatic carbocycles. The summed E-state index contributed by atoms with van der Waals surface area (Å²) in [5.74, 6) is 0.768. The first kappa shape index (κ1) is 12.6. The summed E-state index contributed by atoms with van der Waals surface area (Å²) in [5, 5.41) is 3.33. The maximum Gasteiger partial charge on any atom is 0.152 e. The van der Waals surface area contributed by atoms with Gasteiger partial charge in [-0.2, -0.15) is 0 Å². The van der Waals surface area contributed by atoms with Crippen LogP contribution in [-0.2, 0) is 6.54 Å². The van der Waals surface area contributed by atoms with Crippen LogP contribution in [0.4, 0.5) is 11.5 Å². The van der Waals surface area contributed by atoms with Gasteiger partial charge in [-0.15, -0.1) is 0 Å². The molecule has 1 heterocycles. The van der Waals surface area contributed by atoms with Crippen molar-refractivity contribution in [3.63, 3.8) is 0 Å². The quantitative estimate of drug-likeness (QED) is 0.762. The van der Waals surface area contributed by atoms with E-state index < -0.39 is 0 Å². The molecule has 0 unspecified atom stereocenters. The highest BCUT2D eigenvalue weighted by Gasteiger charge is 2.07. The molecule has 4 nitrogen and oxygen atoms in total. The van der Waals surface area contributed by atoms with Gasteiger partial charge in [0.15, 0.2) is 5.82 Å². The van der Waals surface area contributed by atoms with Crippen molar-refractivity contribution in [2.75, 3.05) is 5.32 Å². The maximum absolute atomic E-state index is 5.76. The van der Waals surface area contributed by atoms with Crippen LogP contribution in [0.3, 0.4) is 0 Å². The van der Waals surface area contributed by atoms with E-state index in [0.717, 1.165) is 33.8 Å². The SMILES string of the molecule is Cc1nc2ccccc2nc1Nc1ccccc1CN. The van der Waals surface area contributed by atoms with E-state index in [9.17, 15) is 0 Å². The normalized spacial score (nSPS) is 10.7. The Labute approximate surface area is 117 Å². The summed E-state index contributed by atoms with van der Waals surface area (Å²) in [6, 6.07) is 15.8. The minimum Gasteiger partial charge on any atom is -0.338 e. The third-order valence-corrected chi connectivity index (χ3v) is 3.24. The summed E-state index contributed by atoms with van der Waals surface area (Å²) in [5.41, 5.74) is 10.4. The first-order chi connectivity index (χ1) is 9.78. The molecule has 0 fully saturated rings. The van der Waals surface area contributed by atoms with Crippen LogP contribution in [0, 0.1) is 6.92 Å². The Hall–Kier alpha value is -2.46. The van der Waals surface area contributed by atoms with Crippen LogP contribution in [0.25, 0.3) is 11.0 Å². The highest BCUT2D eigenvalue weighted by atomic mass is 15.0. The summed E-state index contributed by atoms with van der Waals surface area (Å²) in [7, 11) is 0. The molecule has 1 aromatic heterocycles. The topological polar surface area (TPSA) is 63.8 Å². The van der Waals surface area contributed by atoms with Gasteiger partial charge in [0.1, 0.15) is 0 Å². The smallest absolute Gasteiger partial charge is 0.152 e. The highest BCUT2D eigenvalue weighted by molar-refractivity contribution is 5.77. The molecule has 0 radical (unpaired) electrons. The molecule has 3 N–H and O–H groups in total. The molecule has 20 heavy (non-hydrogen) atoms. The zero-order valence-electron chi connectivity index (χ0n) is 11.3. The third-order valence-electron chi connectivity index (χ3n) is 3.24. The third kappa shape index (κ3) is 2.33. The summed E-state index contributed by atoms with van der Waals surface area (Å²) in [6.07, 6.45) is 0. The number of nitrogens with two attached hydrogens (primary N) is 1. The summed E-state index contributed by atoms with van der Waals surface area (Å²) in [4.78, 5) is 9.20. The molecular weight excluding hydrogens is 248 g/mol. The summed E-state index contributed by atoms with van der Waals surface area (Å²) >= 11 is 0. The van der Waals surface area contributed by atoms with E-state index in [1.54, 1.807) is 0 Å². The Kier molecular flexibility index (Phi) is 3.31. The van der Waals surface area contributed by atoms with Crippen molar-refractivity contribution in [2.24, 2.45) is 5.73 Å². The van der Waals surface area contributed by atoms with Gasteiger partial charge in [-0.25, -0.2) is 9.97 Å². The standard InChI is InChI=1S/C16H16N4/c1-11-16(19-13-7-3-2-6-12(13)10-17)20-15-9-5-4-8-14(15)18-11/h2-9H,10,17H2,1H3,(H,19,20). The molecular formula is C16H16N4. The monoisotopic (exact) mass is 264 g/mol. The Morgan fingerprint density at radius 2 is 1.60 bits per heavy atom. The average molecular weight is 264 g/mol. The Morgan fingerprint density at radius 3 is 2.35 bits per heavy atom. The maximum atomic E-state index is 5.76. The van der Waals surface area contributed by atoms with Gasteiger partial charge in [-0.3, -0.25) is 0 Å². The van der Waals surface area contributed by atoms with Crippen molar-refractivity contribution in [1.82, 2.24) is 9.97 Å². The lowest BCUT2D eigenvalue weighted by atomic mass is 10.2. The minimum absolute atomic E-state index is 0.489. The number of anilines is 2. The van der Waals surface area contributed by atoms with Crippen molar-refractivity contribution in [3.8, 4) is 0 Å². The van der Waals surface area contributed by atoms with Crippen molar-refractivity contribution in [3.05, 3.63) is 59.8 Å². The number of hydrogen-bond acceptors (Lipinski definition) is 4. The second-order valence-corrected chi connectivity index (χ2v) is 4.63. The number of rotatable bonds is 3. The number of hydrogen-bond donors (Lipinski definition) is 2. The van der Waals surface area contributed by atoms with Gasteiger partial charge >= 0.3 is 0 Å². The van der Waals surface area contributed by atoms with Crippen LogP contribution in [0.15, 0.2) is 48.5 Å². The lowest BCUT2D eigenvalue weighted by Crippen LogP contribution is -2.04. The summed E-state index contributed by atoms with van der Waals surface area (Å²) < 4.78 is 0.